The number of allylic oxidation sites excluding steroid dienone is 1. The highest BCUT2D eigenvalue weighted by molar-refractivity contribution is 7.90. The fourth-order valence-corrected chi connectivity index (χ4v) is 6.54. The van der Waals surface area contributed by atoms with E-state index >= 15 is 0 Å². The average Bonchev–Trinajstić information content (AvgIpc) is 3.08. The van der Waals surface area contributed by atoms with E-state index in [2.05, 4.69) is 9.97 Å². The Morgan fingerprint density at radius 1 is 0.927 bits per heavy atom. The van der Waals surface area contributed by atoms with Crippen LogP contribution in [0.2, 0.25) is 0 Å². The molecule has 1 aliphatic carbocycles. The Bertz CT molecular complexity index is 1910. The number of rotatable bonds is 14. The van der Waals surface area contributed by atoms with Crippen molar-refractivity contribution in [3.05, 3.63) is 88.4 Å². The topological polar surface area (TPSA) is 113 Å². The molecule has 302 valence electrons. The maximum atomic E-state index is 14.1. The van der Waals surface area contributed by atoms with Gasteiger partial charge in [0.25, 0.3) is 0 Å². The van der Waals surface area contributed by atoms with Gasteiger partial charge in [0.2, 0.25) is 5.95 Å². The summed E-state index contributed by atoms with van der Waals surface area (Å²) in [7, 11) is -3.41. The lowest BCUT2D eigenvalue weighted by Crippen LogP contribution is -2.30. The van der Waals surface area contributed by atoms with Gasteiger partial charge in [-0.25, -0.2) is 18.4 Å². The number of alkyl halides is 9. The lowest BCUT2D eigenvalue weighted by molar-refractivity contribution is -0.143. The number of carboxylic acids is 1. The van der Waals surface area contributed by atoms with Crippen molar-refractivity contribution in [1.82, 2.24) is 9.97 Å². The molecule has 0 radical (unpaired) electrons. The van der Waals surface area contributed by atoms with Gasteiger partial charge in [0.1, 0.15) is 6.61 Å². The predicted molar refractivity (Wildman–Crippen MR) is 185 cm³/mol. The fourth-order valence-electron chi connectivity index (χ4n) is 6.16. The number of carboxylic acid groups (broad SMARTS) is 1. The van der Waals surface area contributed by atoms with Crippen molar-refractivity contribution in [3.63, 3.8) is 0 Å². The molecule has 0 unspecified atom stereocenters. The van der Waals surface area contributed by atoms with Crippen LogP contribution >= 0.6 is 0 Å². The van der Waals surface area contributed by atoms with E-state index in [1.54, 1.807) is 18.0 Å². The molecule has 0 spiro atoms. The predicted octanol–water partition coefficient (Wildman–Crippen LogP) is 9.10. The van der Waals surface area contributed by atoms with Gasteiger partial charge in [0.15, 0.2) is 15.6 Å². The van der Waals surface area contributed by atoms with Crippen molar-refractivity contribution in [2.75, 3.05) is 35.0 Å². The van der Waals surface area contributed by atoms with Crippen LogP contribution in [0.3, 0.4) is 0 Å². The molecule has 1 saturated carbocycles. The van der Waals surface area contributed by atoms with Gasteiger partial charge in [-0.1, -0.05) is 5.57 Å². The highest BCUT2D eigenvalue weighted by Crippen LogP contribution is 2.41. The number of anilines is 2. The van der Waals surface area contributed by atoms with E-state index in [0.29, 0.717) is 37.8 Å². The molecule has 0 saturated heterocycles. The molecule has 1 atom stereocenters. The van der Waals surface area contributed by atoms with Crippen molar-refractivity contribution in [1.29, 1.82) is 0 Å². The zero-order valence-corrected chi connectivity index (χ0v) is 30.7. The number of halogens is 9. The second-order valence-corrected chi connectivity index (χ2v) is 15.6. The molecular formula is C36H39F9N4O5S. The maximum Gasteiger partial charge on any atom is 0.416 e. The van der Waals surface area contributed by atoms with E-state index in [1.165, 1.54) is 13.0 Å². The van der Waals surface area contributed by atoms with Gasteiger partial charge in [-0.15, -0.1) is 0 Å². The summed E-state index contributed by atoms with van der Waals surface area (Å²) in [6.45, 7) is 2.42. The molecule has 2 aromatic carbocycles. The molecule has 0 bridgehead atoms. The minimum atomic E-state index is -5.18. The number of aromatic nitrogens is 2. The first-order chi connectivity index (χ1) is 25.4. The molecule has 1 fully saturated rings. The number of sulfone groups is 1. The van der Waals surface area contributed by atoms with E-state index in [0.717, 1.165) is 41.3 Å². The summed E-state index contributed by atoms with van der Waals surface area (Å²) in [4.78, 5) is 22.4. The SMILES string of the molecule is CCN(C=C1CCC(CC(=O)O)CC1)c1ccc(C(F)(F)F)cc1CN(c1ncc(OCCS(C)(=O)=O)cn1)[C@H](C)c1cc(C(F)(F)F)cc(C(F)(F)F)c1. The summed E-state index contributed by atoms with van der Waals surface area (Å²) in [5.74, 6) is -1.64. The van der Waals surface area contributed by atoms with Crippen LogP contribution in [0.4, 0.5) is 51.1 Å². The molecule has 3 aromatic rings. The summed E-state index contributed by atoms with van der Waals surface area (Å²) in [6, 6.07) is 2.53. The molecule has 1 aliphatic rings. The third kappa shape index (κ3) is 12.2. The summed E-state index contributed by atoms with van der Waals surface area (Å²) in [6.07, 6.45) is -8.00. The monoisotopic (exact) mass is 810 g/mol. The van der Waals surface area contributed by atoms with Crippen LogP contribution in [0, 0.1) is 5.92 Å². The second-order valence-electron chi connectivity index (χ2n) is 13.3. The molecule has 9 nitrogen and oxygen atoms in total. The first-order valence-corrected chi connectivity index (χ1v) is 19.1. The maximum absolute atomic E-state index is 14.1. The largest absolute Gasteiger partial charge is 0.489 e. The Morgan fingerprint density at radius 2 is 1.49 bits per heavy atom. The molecule has 0 aliphatic heterocycles. The van der Waals surface area contributed by atoms with Crippen LogP contribution in [0.5, 0.6) is 5.75 Å². The molecule has 55 heavy (non-hydrogen) atoms. The average molecular weight is 811 g/mol. The van der Waals surface area contributed by atoms with Gasteiger partial charge >= 0.3 is 24.5 Å². The minimum absolute atomic E-state index is 0.00795. The number of benzene rings is 2. The van der Waals surface area contributed by atoms with E-state index in [4.69, 9.17) is 4.74 Å². The van der Waals surface area contributed by atoms with Crippen LogP contribution in [-0.2, 0) is 39.7 Å². The quantitative estimate of drug-likeness (QED) is 0.159. The van der Waals surface area contributed by atoms with Gasteiger partial charge in [0.05, 0.1) is 40.9 Å². The van der Waals surface area contributed by atoms with Crippen LogP contribution in [0.15, 0.2) is 60.6 Å². The summed E-state index contributed by atoms with van der Waals surface area (Å²) < 4.78 is 154. The van der Waals surface area contributed by atoms with Gasteiger partial charge in [-0.05, 0) is 93.0 Å². The van der Waals surface area contributed by atoms with Crippen LogP contribution in [-0.4, -0.2) is 54.6 Å². The van der Waals surface area contributed by atoms with Crippen molar-refractivity contribution in [2.24, 2.45) is 5.92 Å². The van der Waals surface area contributed by atoms with Gasteiger partial charge in [0, 0.05) is 37.7 Å². The van der Waals surface area contributed by atoms with Crippen molar-refractivity contribution in [2.45, 2.75) is 77.1 Å². The van der Waals surface area contributed by atoms with Crippen LogP contribution in [0.25, 0.3) is 0 Å². The molecule has 1 heterocycles. The zero-order valence-electron chi connectivity index (χ0n) is 29.9. The molecular weight excluding hydrogens is 771 g/mol. The van der Waals surface area contributed by atoms with Crippen LogP contribution < -0.4 is 14.5 Å². The number of hydrogen-bond donors (Lipinski definition) is 1. The Balaban J connectivity index is 1.83. The smallest absolute Gasteiger partial charge is 0.416 e. The van der Waals surface area contributed by atoms with Crippen molar-refractivity contribution in [3.8, 4) is 5.75 Å². The van der Waals surface area contributed by atoms with E-state index in [-0.39, 0.29) is 60.3 Å². The van der Waals surface area contributed by atoms with Gasteiger partial charge in [-0.3, -0.25) is 4.79 Å². The third-order valence-electron chi connectivity index (χ3n) is 9.10. The highest BCUT2D eigenvalue weighted by atomic mass is 32.2. The second kappa shape index (κ2) is 17.1. The first kappa shape index (κ1) is 43.2. The molecule has 19 heteroatoms. The molecule has 4 rings (SSSR count). The van der Waals surface area contributed by atoms with Gasteiger partial charge < -0.3 is 19.6 Å². The lowest BCUT2D eigenvalue weighted by atomic mass is 9.84. The third-order valence-corrected chi connectivity index (χ3v) is 10.0. The van der Waals surface area contributed by atoms with Crippen LogP contribution in [0.1, 0.15) is 79.8 Å². The number of carbonyl (C=O) groups is 1. The Morgan fingerprint density at radius 3 is 1.98 bits per heavy atom. The first-order valence-electron chi connectivity index (χ1n) is 17.0. The Kier molecular flexibility index (Phi) is 13.4. The standard InChI is InChI=1S/C36H39F9N4O5S/c1-4-48(20-24-7-5-23(6-8-24)13-32(50)51)31-10-9-27(34(37,38)39)16-26(31)21-49(33-46-18-30(19-47-33)54-11-12-55(3,52)53)22(2)25-14-28(35(40,41)42)17-29(15-25)36(43,44)45/h9-10,14-20,22-23H,4-8,11-13,21H2,1-3H3,(H,50,51)/t22-,23?/m1/s1. The minimum Gasteiger partial charge on any atom is -0.489 e. The van der Waals surface area contributed by atoms with Gasteiger partial charge in [-0.2, -0.15) is 39.5 Å². The molecule has 0 amide bonds. The number of ether oxygens (including phenoxy) is 1. The number of nitrogens with zero attached hydrogens (tertiary/aromatic N) is 4. The normalized spacial score (nSPS) is 16.1. The number of aliphatic carboxylic acids is 1. The number of hydrogen-bond acceptors (Lipinski definition) is 8. The summed E-state index contributed by atoms with van der Waals surface area (Å²) in [5, 5.41) is 9.17. The van der Waals surface area contributed by atoms with E-state index in [9.17, 15) is 57.8 Å². The molecule has 1 N–H and O–H groups in total. The molecule has 1 aromatic heterocycles. The van der Waals surface area contributed by atoms with E-state index < -0.39 is 69.2 Å². The fraction of sp³-hybridized carbons (Fsp3) is 0.472. The summed E-state index contributed by atoms with van der Waals surface area (Å²) in [5.41, 5.74) is -3.58. The lowest BCUT2D eigenvalue weighted by Gasteiger charge is -2.33. The Labute approximate surface area is 311 Å². The highest BCUT2D eigenvalue weighted by Gasteiger charge is 2.38. The van der Waals surface area contributed by atoms with E-state index in [1.807, 2.05) is 0 Å². The zero-order chi connectivity index (χ0) is 40.9. The Hall–Kier alpha value is -4.55. The van der Waals surface area contributed by atoms with Crippen molar-refractivity contribution < 1.29 is 62.6 Å². The summed E-state index contributed by atoms with van der Waals surface area (Å²) >= 11 is 0. The van der Waals surface area contributed by atoms with Crippen molar-refractivity contribution >= 4 is 27.4 Å².